The summed E-state index contributed by atoms with van der Waals surface area (Å²) in [6, 6.07) is 0. The molecule has 0 unspecified atom stereocenters. The lowest BCUT2D eigenvalue weighted by atomic mass is 10.5. The van der Waals surface area contributed by atoms with E-state index in [0.29, 0.717) is 11.7 Å². The SMILES string of the molecule is CCCOCC(=O)Nc1nnc(CC)s1. The number of nitrogens with one attached hydrogen (secondary N) is 1. The van der Waals surface area contributed by atoms with E-state index in [1.807, 2.05) is 13.8 Å². The largest absolute Gasteiger partial charge is 0.372 e. The van der Waals surface area contributed by atoms with Gasteiger partial charge in [0.05, 0.1) is 0 Å². The molecule has 0 saturated heterocycles. The van der Waals surface area contributed by atoms with Crippen LogP contribution in [0.2, 0.25) is 0 Å². The minimum Gasteiger partial charge on any atom is -0.372 e. The Labute approximate surface area is 92.9 Å². The number of carbonyl (C=O) groups excluding carboxylic acids is 1. The Bertz CT molecular complexity index is 314. The molecule has 1 N–H and O–H groups in total. The number of carbonyl (C=O) groups is 1. The minimum absolute atomic E-state index is 0.0783. The first-order valence-electron chi connectivity index (χ1n) is 4.96. The number of ether oxygens (including phenoxy) is 1. The smallest absolute Gasteiger partial charge is 0.252 e. The molecule has 0 aromatic carbocycles. The lowest BCUT2D eigenvalue weighted by Crippen LogP contribution is -2.18. The summed E-state index contributed by atoms with van der Waals surface area (Å²) < 4.78 is 5.09. The third-order valence-corrected chi connectivity index (χ3v) is 2.58. The van der Waals surface area contributed by atoms with Gasteiger partial charge in [0.25, 0.3) is 5.91 Å². The van der Waals surface area contributed by atoms with Gasteiger partial charge in [0.15, 0.2) is 0 Å². The second-order valence-corrected chi connectivity index (χ2v) is 4.02. The van der Waals surface area contributed by atoms with E-state index < -0.39 is 0 Å². The lowest BCUT2D eigenvalue weighted by Gasteiger charge is -2.01. The summed E-state index contributed by atoms with van der Waals surface area (Å²) in [7, 11) is 0. The first-order valence-corrected chi connectivity index (χ1v) is 5.77. The van der Waals surface area contributed by atoms with Gasteiger partial charge in [0, 0.05) is 6.61 Å². The number of nitrogens with zero attached hydrogens (tertiary/aromatic N) is 2. The topological polar surface area (TPSA) is 64.1 Å². The van der Waals surface area contributed by atoms with Crippen molar-refractivity contribution < 1.29 is 9.53 Å². The standard InChI is InChI=1S/C9H15N3O2S/c1-3-5-14-6-7(13)10-9-12-11-8(4-2)15-9/h3-6H2,1-2H3,(H,10,12,13). The molecule has 1 rings (SSSR count). The molecule has 1 amide bonds. The van der Waals surface area contributed by atoms with E-state index in [2.05, 4.69) is 15.5 Å². The van der Waals surface area contributed by atoms with Gasteiger partial charge in [0.1, 0.15) is 11.6 Å². The number of aryl methyl sites for hydroxylation is 1. The maximum atomic E-state index is 11.3. The Morgan fingerprint density at radius 2 is 2.27 bits per heavy atom. The number of amides is 1. The molecule has 5 nitrogen and oxygen atoms in total. The van der Waals surface area contributed by atoms with Gasteiger partial charge >= 0.3 is 0 Å². The van der Waals surface area contributed by atoms with Gasteiger partial charge in [-0.15, -0.1) is 10.2 Å². The van der Waals surface area contributed by atoms with Crippen molar-refractivity contribution in [3.05, 3.63) is 5.01 Å². The predicted molar refractivity (Wildman–Crippen MR) is 59.0 cm³/mol. The van der Waals surface area contributed by atoms with Crippen LogP contribution in [0.15, 0.2) is 0 Å². The van der Waals surface area contributed by atoms with E-state index in [-0.39, 0.29) is 12.5 Å². The van der Waals surface area contributed by atoms with Crippen LogP contribution >= 0.6 is 11.3 Å². The van der Waals surface area contributed by atoms with E-state index in [9.17, 15) is 4.79 Å². The van der Waals surface area contributed by atoms with Gasteiger partial charge in [-0.05, 0) is 12.8 Å². The summed E-state index contributed by atoms with van der Waals surface area (Å²) in [6.07, 6.45) is 1.74. The summed E-state index contributed by atoms with van der Waals surface area (Å²) >= 11 is 1.39. The summed E-state index contributed by atoms with van der Waals surface area (Å²) in [5, 5.41) is 11.8. The van der Waals surface area contributed by atoms with Crippen molar-refractivity contribution in [1.82, 2.24) is 10.2 Å². The van der Waals surface area contributed by atoms with Crippen molar-refractivity contribution in [2.75, 3.05) is 18.5 Å². The van der Waals surface area contributed by atoms with Crippen molar-refractivity contribution in [3.8, 4) is 0 Å². The highest BCUT2D eigenvalue weighted by atomic mass is 32.1. The zero-order chi connectivity index (χ0) is 11.1. The van der Waals surface area contributed by atoms with Crippen molar-refractivity contribution in [2.45, 2.75) is 26.7 Å². The van der Waals surface area contributed by atoms with Gasteiger partial charge in [-0.2, -0.15) is 0 Å². The molecule has 0 bridgehead atoms. The predicted octanol–water partition coefficient (Wildman–Crippen LogP) is 1.47. The highest BCUT2D eigenvalue weighted by Crippen LogP contribution is 2.14. The first-order chi connectivity index (χ1) is 7.26. The van der Waals surface area contributed by atoms with E-state index in [0.717, 1.165) is 17.8 Å². The molecular formula is C9H15N3O2S. The first kappa shape index (κ1) is 12.1. The maximum Gasteiger partial charge on any atom is 0.252 e. The molecule has 0 atom stereocenters. The Morgan fingerprint density at radius 3 is 2.87 bits per heavy atom. The molecule has 84 valence electrons. The fraction of sp³-hybridized carbons (Fsp3) is 0.667. The van der Waals surface area contributed by atoms with Gasteiger partial charge in [0.2, 0.25) is 5.13 Å². The Morgan fingerprint density at radius 1 is 1.47 bits per heavy atom. The molecule has 0 aliphatic rings. The van der Waals surface area contributed by atoms with Crippen LogP contribution in [0.1, 0.15) is 25.3 Å². The lowest BCUT2D eigenvalue weighted by molar-refractivity contribution is -0.120. The summed E-state index contributed by atoms with van der Waals surface area (Å²) in [5.74, 6) is -0.178. The van der Waals surface area contributed by atoms with Gasteiger partial charge < -0.3 is 4.74 Å². The molecule has 0 aliphatic carbocycles. The van der Waals surface area contributed by atoms with Crippen LogP contribution in [0.4, 0.5) is 5.13 Å². The molecule has 1 aromatic rings. The van der Waals surface area contributed by atoms with Crippen molar-refractivity contribution in [1.29, 1.82) is 0 Å². The quantitative estimate of drug-likeness (QED) is 0.750. The van der Waals surface area contributed by atoms with Crippen LogP contribution in [0.3, 0.4) is 0 Å². The molecule has 0 saturated carbocycles. The monoisotopic (exact) mass is 229 g/mol. The Hall–Kier alpha value is -1.01. The summed E-state index contributed by atoms with van der Waals surface area (Å²) in [5.41, 5.74) is 0. The molecule has 0 radical (unpaired) electrons. The van der Waals surface area contributed by atoms with Gasteiger partial charge in [-0.1, -0.05) is 25.2 Å². The Kier molecular flexibility index (Phi) is 5.20. The van der Waals surface area contributed by atoms with Gasteiger partial charge in [-0.25, -0.2) is 0 Å². The molecule has 1 heterocycles. The number of hydrogen-bond donors (Lipinski definition) is 1. The van der Waals surface area contributed by atoms with Crippen LogP contribution in [-0.4, -0.2) is 29.3 Å². The minimum atomic E-state index is -0.178. The number of hydrogen-bond acceptors (Lipinski definition) is 5. The normalized spacial score (nSPS) is 10.3. The summed E-state index contributed by atoms with van der Waals surface area (Å²) in [6.45, 7) is 4.67. The zero-order valence-corrected chi connectivity index (χ0v) is 9.76. The van der Waals surface area contributed by atoms with Crippen LogP contribution < -0.4 is 5.32 Å². The van der Waals surface area contributed by atoms with E-state index >= 15 is 0 Å². The van der Waals surface area contributed by atoms with Crippen molar-refractivity contribution in [3.63, 3.8) is 0 Å². The third-order valence-electron chi connectivity index (χ3n) is 1.60. The van der Waals surface area contributed by atoms with E-state index in [1.54, 1.807) is 0 Å². The van der Waals surface area contributed by atoms with Crippen LogP contribution in [0, 0.1) is 0 Å². The van der Waals surface area contributed by atoms with Crippen molar-refractivity contribution in [2.24, 2.45) is 0 Å². The van der Waals surface area contributed by atoms with Crippen LogP contribution in [0.25, 0.3) is 0 Å². The molecule has 1 aromatic heterocycles. The van der Waals surface area contributed by atoms with E-state index in [4.69, 9.17) is 4.74 Å². The second-order valence-electron chi connectivity index (χ2n) is 2.96. The van der Waals surface area contributed by atoms with E-state index in [1.165, 1.54) is 11.3 Å². The highest BCUT2D eigenvalue weighted by Gasteiger charge is 2.06. The van der Waals surface area contributed by atoms with Crippen LogP contribution in [0.5, 0.6) is 0 Å². The molecular weight excluding hydrogens is 214 g/mol. The highest BCUT2D eigenvalue weighted by molar-refractivity contribution is 7.15. The molecule has 0 spiro atoms. The second kappa shape index (κ2) is 6.47. The molecule has 0 fully saturated rings. The summed E-state index contributed by atoms with van der Waals surface area (Å²) in [4.78, 5) is 11.3. The van der Waals surface area contributed by atoms with Crippen molar-refractivity contribution >= 4 is 22.4 Å². The molecule has 6 heteroatoms. The van der Waals surface area contributed by atoms with Gasteiger partial charge in [-0.3, -0.25) is 10.1 Å². The maximum absolute atomic E-state index is 11.3. The number of anilines is 1. The zero-order valence-electron chi connectivity index (χ0n) is 8.95. The third kappa shape index (κ3) is 4.35. The average Bonchev–Trinajstić information content (AvgIpc) is 2.66. The molecule has 0 aliphatic heterocycles. The molecule has 15 heavy (non-hydrogen) atoms. The fourth-order valence-electron chi connectivity index (χ4n) is 0.912. The fourth-order valence-corrected chi connectivity index (χ4v) is 1.61. The average molecular weight is 229 g/mol. The Balaban J connectivity index is 2.31. The number of aromatic nitrogens is 2. The van der Waals surface area contributed by atoms with Crippen LogP contribution in [-0.2, 0) is 16.0 Å². The number of rotatable bonds is 6.